The number of benzene rings is 1. The number of rotatable bonds is 28. The number of phenols is 1. The number of esters is 1. The number of unbranched alkanes of at least 4 members (excludes halogenated alkanes) is 14. The number of carbonyl (C=O) groups excluding carboxylic acids is 5. The molecule has 0 aromatic heterocycles. The number of hydrogen-bond acceptors (Lipinski definition) is 9. The lowest BCUT2D eigenvalue weighted by atomic mass is 10.0. The maximum Gasteiger partial charge on any atom is 0.328 e. The Morgan fingerprint density at radius 3 is 2.33 bits per heavy atom. The lowest BCUT2D eigenvalue weighted by molar-refractivity contribution is -0.154. The van der Waals surface area contributed by atoms with Crippen LogP contribution in [0.2, 0.25) is 0 Å². The van der Waals surface area contributed by atoms with Gasteiger partial charge in [0.2, 0.25) is 23.6 Å². The summed E-state index contributed by atoms with van der Waals surface area (Å²) in [5.74, 6) is -2.01. The maximum absolute atomic E-state index is 13.6. The fourth-order valence-corrected chi connectivity index (χ4v) is 7.10. The Labute approximate surface area is 346 Å². The van der Waals surface area contributed by atoms with Crippen LogP contribution in [0, 0.1) is 0 Å². The van der Waals surface area contributed by atoms with Crippen LogP contribution in [0.1, 0.15) is 161 Å². The molecule has 0 saturated carbocycles. The third kappa shape index (κ3) is 18.4. The molecule has 324 valence electrons. The average molecular weight is 810 g/mol. The summed E-state index contributed by atoms with van der Waals surface area (Å²) in [7, 11) is 0. The molecule has 1 aromatic carbocycles. The first-order valence-electron chi connectivity index (χ1n) is 22.1. The van der Waals surface area contributed by atoms with Gasteiger partial charge in [-0.25, -0.2) is 9.79 Å². The number of hydrogen-bond donors (Lipinski definition) is 5. The summed E-state index contributed by atoms with van der Waals surface area (Å²) in [4.78, 5) is 69.0. The zero-order valence-electron chi connectivity index (χ0n) is 35.4. The number of aliphatic imine (C=N–C) groups is 1. The number of para-hydroxylation sites is 1. The molecule has 0 radical (unpaired) electrons. The van der Waals surface area contributed by atoms with Gasteiger partial charge < -0.3 is 35.8 Å². The number of nitrogens with zero attached hydrogens (tertiary/aromatic N) is 1. The van der Waals surface area contributed by atoms with Gasteiger partial charge in [-0.1, -0.05) is 102 Å². The number of carbonyl (C=O) groups is 5. The predicted molar refractivity (Wildman–Crippen MR) is 226 cm³/mol. The van der Waals surface area contributed by atoms with E-state index in [1.807, 2.05) is 6.08 Å². The minimum absolute atomic E-state index is 0.0394. The second kappa shape index (κ2) is 27.3. The maximum atomic E-state index is 13.6. The molecule has 5 N–H and O–H groups in total. The highest BCUT2D eigenvalue weighted by Gasteiger charge is 2.42. The van der Waals surface area contributed by atoms with E-state index in [-0.39, 0.29) is 42.9 Å². The molecular weight excluding hydrogens is 739 g/mol. The van der Waals surface area contributed by atoms with Gasteiger partial charge in [0.15, 0.2) is 5.54 Å². The Morgan fingerprint density at radius 1 is 0.966 bits per heavy atom. The second-order valence-electron chi connectivity index (χ2n) is 16.1. The van der Waals surface area contributed by atoms with Crippen LogP contribution < -0.4 is 21.3 Å². The highest BCUT2D eigenvalue weighted by molar-refractivity contribution is 6.02. The Kier molecular flexibility index (Phi) is 22.6. The largest absolute Gasteiger partial charge is 0.507 e. The molecule has 4 amide bonds. The molecular formula is C45H71N5O8. The molecule has 1 saturated heterocycles. The highest BCUT2D eigenvalue weighted by atomic mass is 16.5. The predicted octanol–water partition coefficient (Wildman–Crippen LogP) is 6.84. The molecule has 4 atom stereocenters. The third-order valence-electron chi connectivity index (χ3n) is 10.7. The van der Waals surface area contributed by atoms with Gasteiger partial charge in [-0.15, -0.1) is 0 Å². The van der Waals surface area contributed by atoms with Crippen molar-refractivity contribution in [2.75, 3.05) is 19.7 Å². The van der Waals surface area contributed by atoms with Crippen molar-refractivity contribution in [1.82, 2.24) is 21.3 Å². The summed E-state index contributed by atoms with van der Waals surface area (Å²) in [5.41, 5.74) is -1.03. The molecule has 0 aliphatic carbocycles. The molecule has 0 bridgehead atoms. The van der Waals surface area contributed by atoms with E-state index in [4.69, 9.17) is 9.47 Å². The van der Waals surface area contributed by atoms with Crippen molar-refractivity contribution in [3.05, 3.63) is 42.0 Å². The minimum Gasteiger partial charge on any atom is -0.507 e. The monoisotopic (exact) mass is 810 g/mol. The summed E-state index contributed by atoms with van der Waals surface area (Å²) >= 11 is 0. The van der Waals surface area contributed by atoms with E-state index in [0.717, 1.165) is 25.7 Å². The topological polar surface area (TPSA) is 185 Å². The highest BCUT2D eigenvalue weighted by Crippen LogP contribution is 2.26. The number of phenolic OH excluding ortho intramolecular Hbond substituents is 1. The number of amides is 4. The van der Waals surface area contributed by atoms with Crippen LogP contribution in [-0.4, -0.2) is 84.0 Å². The van der Waals surface area contributed by atoms with Crippen LogP contribution in [0.3, 0.4) is 0 Å². The number of ether oxygens (including phenoxy) is 2. The minimum atomic E-state index is -1.38. The van der Waals surface area contributed by atoms with Gasteiger partial charge in [0.25, 0.3) is 5.91 Å². The van der Waals surface area contributed by atoms with E-state index in [1.54, 1.807) is 38.1 Å². The number of aromatic hydroxyl groups is 1. The van der Waals surface area contributed by atoms with Crippen LogP contribution >= 0.6 is 0 Å². The number of allylic oxidation sites excluding steroid dienone is 1. The summed E-state index contributed by atoms with van der Waals surface area (Å²) in [6.07, 6.45) is 23.7. The first kappa shape index (κ1) is 48.0. The summed E-state index contributed by atoms with van der Waals surface area (Å²) in [6, 6.07) is 4.81. The lowest BCUT2D eigenvalue weighted by Gasteiger charge is -2.24. The first-order valence-corrected chi connectivity index (χ1v) is 22.1. The average Bonchev–Trinajstić information content (AvgIpc) is 3.49. The molecule has 3 rings (SSSR count). The van der Waals surface area contributed by atoms with Crippen LogP contribution in [0.4, 0.5) is 0 Å². The molecule has 2 heterocycles. The van der Waals surface area contributed by atoms with Gasteiger partial charge in [0.05, 0.1) is 12.0 Å². The van der Waals surface area contributed by atoms with Crippen molar-refractivity contribution in [2.24, 2.45) is 4.99 Å². The van der Waals surface area contributed by atoms with E-state index in [2.05, 4.69) is 33.2 Å². The van der Waals surface area contributed by atoms with Crippen LogP contribution in [0.25, 0.3) is 0 Å². The molecule has 4 unspecified atom stereocenters. The zero-order valence-corrected chi connectivity index (χ0v) is 35.4. The SMILES string of the molecule is CCCCCCCCCCCCCCCC=CC(=O)NCCCCC(NC(=O)C1(C)COC(c2ccccc2O)=N1)C(=O)OC(C)CC(=O)NC1CCCCNC1=O. The van der Waals surface area contributed by atoms with Crippen LogP contribution in [0.5, 0.6) is 5.75 Å². The van der Waals surface area contributed by atoms with Crippen LogP contribution in [-0.2, 0) is 33.4 Å². The standard InChI is InChI=1S/C45H71N5O8/c1-4-5-6-7-8-9-10-11-12-13-14-15-16-17-18-29-39(52)46-30-23-22-27-37(43(55)58-34(2)32-40(53)48-36-26-21-24-31-47-41(36)54)49-44(56)45(3)33-57-42(50-45)35-25-19-20-28-38(35)51/h18-20,25,28-29,34,36-37,51H,4-17,21-24,26-27,30-33H2,1-3H3,(H,46,52)(H,47,54)(H,48,53)(H,49,56). The fourth-order valence-electron chi connectivity index (χ4n) is 7.10. The fraction of sp³-hybridized carbons (Fsp3) is 0.689. The van der Waals surface area contributed by atoms with E-state index in [9.17, 15) is 29.1 Å². The van der Waals surface area contributed by atoms with Gasteiger partial charge in [-0.05, 0) is 83.4 Å². The van der Waals surface area contributed by atoms with Crippen molar-refractivity contribution >= 4 is 35.5 Å². The summed E-state index contributed by atoms with van der Waals surface area (Å²) in [5, 5.41) is 21.5. The summed E-state index contributed by atoms with van der Waals surface area (Å²) in [6.45, 7) is 6.28. The summed E-state index contributed by atoms with van der Waals surface area (Å²) < 4.78 is 11.3. The van der Waals surface area contributed by atoms with Gasteiger partial charge in [-0.3, -0.25) is 19.2 Å². The van der Waals surface area contributed by atoms with Crippen molar-refractivity contribution in [3.8, 4) is 5.75 Å². The third-order valence-corrected chi connectivity index (χ3v) is 10.7. The lowest BCUT2D eigenvalue weighted by Crippen LogP contribution is -2.51. The van der Waals surface area contributed by atoms with Gasteiger partial charge in [-0.2, -0.15) is 0 Å². The molecule has 2 aliphatic rings. The van der Waals surface area contributed by atoms with Crippen LogP contribution in [0.15, 0.2) is 41.4 Å². The van der Waals surface area contributed by atoms with E-state index in [1.165, 1.54) is 83.1 Å². The van der Waals surface area contributed by atoms with Gasteiger partial charge >= 0.3 is 5.97 Å². The Bertz CT molecular complexity index is 1500. The Balaban J connectivity index is 1.42. The molecule has 1 aromatic rings. The second-order valence-corrected chi connectivity index (χ2v) is 16.1. The van der Waals surface area contributed by atoms with E-state index < -0.39 is 41.5 Å². The van der Waals surface area contributed by atoms with Crippen molar-refractivity contribution in [2.45, 2.75) is 179 Å². The first-order chi connectivity index (χ1) is 28.0. The molecule has 13 heteroatoms. The van der Waals surface area contributed by atoms with Crippen molar-refractivity contribution in [3.63, 3.8) is 0 Å². The normalized spacial score (nSPS) is 19.0. The molecule has 0 spiro atoms. The van der Waals surface area contributed by atoms with Gasteiger partial charge in [0, 0.05) is 13.1 Å². The van der Waals surface area contributed by atoms with Crippen molar-refractivity contribution in [1.29, 1.82) is 0 Å². The van der Waals surface area contributed by atoms with Crippen molar-refractivity contribution < 1.29 is 38.6 Å². The quantitative estimate of drug-likeness (QED) is 0.0346. The zero-order chi connectivity index (χ0) is 42.0. The van der Waals surface area contributed by atoms with Gasteiger partial charge in [0.1, 0.15) is 30.5 Å². The Morgan fingerprint density at radius 2 is 1.64 bits per heavy atom. The number of nitrogens with one attached hydrogen (secondary N) is 4. The molecule has 13 nitrogen and oxygen atoms in total. The molecule has 2 aliphatic heterocycles. The van der Waals surface area contributed by atoms with E-state index in [0.29, 0.717) is 37.9 Å². The van der Waals surface area contributed by atoms with E-state index >= 15 is 0 Å². The smallest absolute Gasteiger partial charge is 0.328 e. The Hall–Kier alpha value is -4.42. The molecule has 58 heavy (non-hydrogen) atoms. The molecule has 1 fully saturated rings.